The van der Waals surface area contributed by atoms with E-state index in [2.05, 4.69) is 36.5 Å². The number of ether oxygens (including phenoxy) is 1. The lowest BCUT2D eigenvalue weighted by molar-refractivity contribution is 0.110. The first kappa shape index (κ1) is 13.2. The van der Waals surface area contributed by atoms with Crippen LogP contribution in [0.25, 0.3) is 0 Å². The van der Waals surface area contributed by atoms with Crippen molar-refractivity contribution in [2.45, 2.75) is 20.3 Å². The van der Waals surface area contributed by atoms with Crippen molar-refractivity contribution in [2.24, 2.45) is 5.92 Å². The highest BCUT2D eigenvalue weighted by atomic mass is 16.5. The molecule has 0 saturated heterocycles. The number of hydrogen-bond donors (Lipinski definition) is 1. The SMILES string of the molecule is CCOCC(CNC)Cc1cccc(C)c1. The Morgan fingerprint density at radius 3 is 2.81 bits per heavy atom. The van der Waals surface area contributed by atoms with Crippen molar-refractivity contribution in [3.8, 4) is 0 Å². The van der Waals surface area contributed by atoms with Gasteiger partial charge in [-0.1, -0.05) is 29.8 Å². The van der Waals surface area contributed by atoms with Gasteiger partial charge in [0.15, 0.2) is 0 Å². The highest BCUT2D eigenvalue weighted by Gasteiger charge is 2.08. The average Bonchev–Trinajstić information content (AvgIpc) is 2.26. The third kappa shape index (κ3) is 4.77. The normalized spacial score (nSPS) is 12.7. The highest BCUT2D eigenvalue weighted by Crippen LogP contribution is 2.11. The Balaban J connectivity index is 2.52. The van der Waals surface area contributed by atoms with Crippen LogP contribution in [0.3, 0.4) is 0 Å². The maximum absolute atomic E-state index is 5.51. The molecule has 0 saturated carbocycles. The molecule has 1 rings (SSSR count). The van der Waals surface area contributed by atoms with Crippen LogP contribution in [0, 0.1) is 12.8 Å². The molecule has 0 aliphatic rings. The van der Waals surface area contributed by atoms with E-state index in [4.69, 9.17) is 4.74 Å². The first-order valence-electron chi connectivity index (χ1n) is 6.04. The zero-order chi connectivity index (χ0) is 11.8. The molecule has 2 nitrogen and oxygen atoms in total. The Bertz CT molecular complexity index is 299. The zero-order valence-corrected chi connectivity index (χ0v) is 10.6. The molecule has 90 valence electrons. The summed E-state index contributed by atoms with van der Waals surface area (Å²) in [6.45, 7) is 6.83. The molecular formula is C14H23NO. The summed E-state index contributed by atoms with van der Waals surface area (Å²) < 4.78 is 5.51. The largest absolute Gasteiger partial charge is 0.381 e. The average molecular weight is 221 g/mol. The van der Waals surface area contributed by atoms with Crippen LogP contribution in [0.2, 0.25) is 0 Å². The lowest BCUT2D eigenvalue weighted by Crippen LogP contribution is -2.25. The number of benzene rings is 1. The molecule has 0 bridgehead atoms. The Morgan fingerprint density at radius 1 is 1.38 bits per heavy atom. The van der Waals surface area contributed by atoms with E-state index in [1.165, 1.54) is 11.1 Å². The maximum atomic E-state index is 5.51. The molecule has 1 unspecified atom stereocenters. The molecular weight excluding hydrogens is 198 g/mol. The fourth-order valence-corrected chi connectivity index (χ4v) is 1.94. The standard InChI is InChI=1S/C14H23NO/c1-4-16-11-14(10-15-3)9-13-7-5-6-12(2)8-13/h5-8,14-15H,4,9-11H2,1-3H3. The van der Waals surface area contributed by atoms with Gasteiger partial charge in [-0.15, -0.1) is 0 Å². The summed E-state index contributed by atoms with van der Waals surface area (Å²) in [6, 6.07) is 8.72. The van der Waals surface area contributed by atoms with Gasteiger partial charge in [0.05, 0.1) is 6.61 Å². The fourth-order valence-electron chi connectivity index (χ4n) is 1.94. The molecule has 2 heteroatoms. The van der Waals surface area contributed by atoms with Crippen LogP contribution in [0.4, 0.5) is 0 Å². The first-order valence-corrected chi connectivity index (χ1v) is 6.04. The third-order valence-corrected chi connectivity index (χ3v) is 2.66. The minimum atomic E-state index is 0.562. The maximum Gasteiger partial charge on any atom is 0.0509 e. The van der Waals surface area contributed by atoms with Gasteiger partial charge in [-0.05, 0) is 38.8 Å². The Hall–Kier alpha value is -0.860. The van der Waals surface area contributed by atoms with Gasteiger partial charge < -0.3 is 10.1 Å². The topological polar surface area (TPSA) is 21.3 Å². The van der Waals surface area contributed by atoms with Crippen LogP contribution in [0.15, 0.2) is 24.3 Å². The van der Waals surface area contributed by atoms with Crippen LogP contribution in [0.1, 0.15) is 18.1 Å². The van der Waals surface area contributed by atoms with Gasteiger partial charge >= 0.3 is 0 Å². The molecule has 1 aromatic rings. The Morgan fingerprint density at radius 2 is 2.19 bits per heavy atom. The van der Waals surface area contributed by atoms with Gasteiger partial charge in [0, 0.05) is 13.2 Å². The molecule has 1 aromatic carbocycles. The quantitative estimate of drug-likeness (QED) is 0.763. The number of aryl methyl sites for hydroxylation is 1. The van der Waals surface area contributed by atoms with E-state index in [1.807, 2.05) is 14.0 Å². The lowest BCUT2D eigenvalue weighted by Gasteiger charge is -2.16. The van der Waals surface area contributed by atoms with Crippen LogP contribution < -0.4 is 5.32 Å². The summed E-state index contributed by atoms with van der Waals surface area (Å²) in [5.41, 5.74) is 2.73. The molecule has 0 aliphatic heterocycles. The fraction of sp³-hybridized carbons (Fsp3) is 0.571. The smallest absolute Gasteiger partial charge is 0.0509 e. The Kier molecular flexibility index (Phi) is 6.12. The van der Waals surface area contributed by atoms with Crippen molar-refractivity contribution in [1.82, 2.24) is 5.32 Å². The summed E-state index contributed by atoms with van der Waals surface area (Å²) in [5, 5.41) is 3.23. The molecule has 0 aliphatic carbocycles. The summed E-state index contributed by atoms with van der Waals surface area (Å²) in [6.07, 6.45) is 1.09. The van der Waals surface area contributed by atoms with Gasteiger partial charge in [-0.2, -0.15) is 0 Å². The van der Waals surface area contributed by atoms with Crippen LogP contribution in [-0.2, 0) is 11.2 Å². The first-order chi connectivity index (χ1) is 7.76. The monoisotopic (exact) mass is 221 g/mol. The highest BCUT2D eigenvalue weighted by molar-refractivity contribution is 5.22. The van der Waals surface area contributed by atoms with Gasteiger partial charge in [0.1, 0.15) is 0 Å². The summed E-state index contributed by atoms with van der Waals surface area (Å²) in [4.78, 5) is 0. The molecule has 0 amide bonds. The predicted octanol–water partition coefficient (Wildman–Crippen LogP) is 2.41. The molecule has 0 fully saturated rings. The molecule has 1 atom stereocenters. The second-order valence-corrected chi connectivity index (χ2v) is 4.28. The number of hydrogen-bond acceptors (Lipinski definition) is 2. The van der Waals surface area contributed by atoms with Crippen LogP contribution in [0.5, 0.6) is 0 Å². The minimum absolute atomic E-state index is 0.562. The molecule has 0 heterocycles. The predicted molar refractivity (Wildman–Crippen MR) is 68.8 cm³/mol. The van der Waals surface area contributed by atoms with E-state index < -0.39 is 0 Å². The molecule has 1 N–H and O–H groups in total. The Labute approximate surface area is 99.0 Å². The molecule has 0 spiro atoms. The number of rotatable bonds is 7. The summed E-state index contributed by atoms with van der Waals surface area (Å²) >= 11 is 0. The molecule has 0 radical (unpaired) electrons. The van der Waals surface area contributed by atoms with Crippen LogP contribution >= 0.6 is 0 Å². The van der Waals surface area contributed by atoms with E-state index in [0.29, 0.717) is 5.92 Å². The van der Waals surface area contributed by atoms with Crippen molar-refractivity contribution >= 4 is 0 Å². The van der Waals surface area contributed by atoms with Crippen LogP contribution in [-0.4, -0.2) is 26.8 Å². The van der Waals surface area contributed by atoms with E-state index in [1.54, 1.807) is 0 Å². The van der Waals surface area contributed by atoms with E-state index in [0.717, 1.165) is 26.2 Å². The van der Waals surface area contributed by atoms with E-state index in [9.17, 15) is 0 Å². The summed E-state index contributed by atoms with van der Waals surface area (Å²) in [7, 11) is 2.00. The van der Waals surface area contributed by atoms with Crippen molar-refractivity contribution in [3.63, 3.8) is 0 Å². The second kappa shape index (κ2) is 7.42. The second-order valence-electron chi connectivity index (χ2n) is 4.28. The molecule has 16 heavy (non-hydrogen) atoms. The van der Waals surface area contributed by atoms with Gasteiger partial charge in [-0.3, -0.25) is 0 Å². The van der Waals surface area contributed by atoms with Gasteiger partial charge in [0.2, 0.25) is 0 Å². The van der Waals surface area contributed by atoms with Crippen molar-refractivity contribution in [3.05, 3.63) is 35.4 Å². The lowest BCUT2D eigenvalue weighted by atomic mass is 9.99. The summed E-state index contributed by atoms with van der Waals surface area (Å²) in [5.74, 6) is 0.562. The van der Waals surface area contributed by atoms with E-state index >= 15 is 0 Å². The van der Waals surface area contributed by atoms with Crippen molar-refractivity contribution < 1.29 is 4.74 Å². The van der Waals surface area contributed by atoms with Crippen molar-refractivity contribution in [2.75, 3.05) is 26.8 Å². The van der Waals surface area contributed by atoms with Crippen molar-refractivity contribution in [1.29, 1.82) is 0 Å². The van der Waals surface area contributed by atoms with E-state index in [-0.39, 0.29) is 0 Å². The zero-order valence-electron chi connectivity index (χ0n) is 10.6. The third-order valence-electron chi connectivity index (χ3n) is 2.66. The minimum Gasteiger partial charge on any atom is -0.381 e. The van der Waals surface area contributed by atoms with Gasteiger partial charge in [-0.25, -0.2) is 0 Å². The molecule has 0 aromatic heterocycles. The number of nitrogens with one attached hydrogen (secondary N) is 1. The van der Waals surface area contributed by atoms with Gasteiger partial charge in [0.25, 0.3) is 0 Å².